The van der Waals surface area contributed by atoms with Crippen LogP contribution in [0, 0.1) is 0 Å². The molecule has 0 saturated carbocycles. The van der Waals surface area contributed by atoms with Crippen molar-refractivity contribution in [1.29, 1.82) is 0 Å². The fourth-order valence-corrected chi connectivity index (χ4v) is 2.21. The molecule has 0 aromatic carbocycles. The molecule has 0 spiro atoms. The van der Waals surface area contributed by atoms with Gasteiger partial charge in [-0.25, -0.2) is 9.36 Å². The second-order valence-corrected chi connectivity index (χ2v) is 6.17. The number of carbonyl (C=O) groups is 1. The van der Waals surface area contributed by atoms with Crippen molar-refractivity contribution >= 4 is 6.09 Å². The van der Waals surface area contributed by atoms with Crippen molar-refractivity contribution in [2.45, 2.75) is 52.3 Å². The highest BCUT2D eigenvalue weighted by Gasteiger charge is 2.33. The number of ether oxygens (including phenoxy) is 1. The third-order valence-electron chi connectivity index (χ3n) is 3.12. The van der Waals surface area contributed by atoms with E-state index in [-0.39, 0.29) is 12.1 Å². The van der Waals surface area contributed by atoms with E-state index in [1.165, 1.54) is 0 Å². The van der Waals surface area contributed by atoms with E-state index in [9.17, 15) is 4.79 Å². The summed E-state index contributed by atoms with van der Waals surface area (Å²) in [5, 5.41) is 0. The van der Waals surface area contributed by atoms with E-state index in [1.807, 2.05) is 45.5 Å². The summed E-state index contributed by atoms with van der Waals surface area (Å²) in [5.74, 6) is 0. The van der Waals surface area contributed by atoms with E-state index in [4.69, 9.17) is 4.74 Å². The van der Waals surface area contributed by atoms with Crippen molar-refractivity contribution in [3.63, 3.8) is 0 Å². The zero-order valence-electron chi connectivity index (χ0n) is 12.3. The van der Waals surface area contributed by atoms with Crippen molar-refractivity contribution in [2.24, 2.45) is 7.05 Å². The Morgan fingerprint density at radius 1 is 1.53 bits per heavy atom. The minimum atomic E-state index is -0.462. The van der Waals surface area contributed by atoms with Gasteiger partial charge in [-0.3, -0.25) is 0 Å². The number of nitrogens with zero attached hydrogens (tertiary/aromatic N) is 3. The lowest BCUT2D eigenvalue weighted by Gasteiger charge is -2.34. The van der Waals surface area contributed by atoms with Gasteiger partial charge in [-0.1, -0.05) is 4.98 Å². The normalized spacial score (nSPS) is 19.0. The summed E-state index contributed by atoms with van der Waals surface area (Å²) < 4.78 is 7.36. The number of hydrogen-bond donors (Lipinski definition) is 0. The van der Waals surface area contributed by atoms with Gasteiger partial charge in [-0.15, -0.1) is 0 Å². The Kier molecular flexibility index (Phi) is 3.47. The predicted octanol–water partition coefficient (Wildman–Crippen LogP) is 1.59. The first-order valence-corrected chi connectivity index (χ1v) is 6.59. The molecule has 5 nitrogen and oxygen atoms in total. The van der Waals surface area contributed by atoms with Gasteiger partial charge >= 0.3 is 6.09 Å². The van der Waals surface area contributed by atoms with E-state index in [1.54, 1.807) is 11.2 Å². The molecular weight excluding hydrogens is 242 g/mol. The molecule has 0 bridgehead atoms. The molecule has 1 aromatic heterocycles. The van der Waals surface area contributed by atoms with Crippen LogP contribution in [0.1, 0.15) is 39.0 Å². The molecule has 1 aromatic rings. The lowest BCUT2D eigenvalue weighted by atomic mass is 10.0. The topological polar surface area (TPSA) is 46.3 Å². The van der Waals surface area contributed by atoms with Crippen LogP contribution in [0.25, 0.3) is 0 Å². The lowest BCUT2D eigenvalue weighted by Crippen LogP contribution is -2.46. The Hall–Kier alpha value is -1.65. The van der Waals surface area contributed by atoms with Gasteiger partial charge < -0.3 is 9.64 Å². The molecule has 5 heteroatoms. The Balaban J connectivity index is 2.19. The SMILES string of the molecule is CC1Cc2nc[n+](C)cc2CN1C(=O)OC(C)(C)C. The molecule has 1 aliphatic rings. The summed E-state index contributed by atoms with van der Waals surface area (Å²) >= 11 is 0. The van der Waals surface area contributed by atoms with Gasteiger partial charge in [-0.2, -0.15) is 0 Å². The quantitative estimate of drug-likeness (QED) is 0.668. The maximum absolute atomic E-state index is 12.2. The monoisotopic (exact) mass is 264 g/mol. The highest BCUT2D eigenvalue weighted by atomic mass is 16.6. The third kappa shape index (κ3) is 3.22. The van der Waals surface area contributed by atoms with E-state index in [2.05, 4.69) is 4.98 Å². The van der Waals surface area contributed by atoms with Gasteiger partial charge in [0.2, 0.25) is 0 Å². The first-order valence-electron chi connectivity index (χ1n) is 6.59. The van der Waals surface area contributed by atoms with Crippen LogP contribution in [0.15, 0.2) is 12.5 Å². The predicted molar refractivity (Wildman–Crippen MR) is 70.4 cm³/mol. The fourth-order valence-electron chi connectivity index (χ4n) is 2.21. The van der Waals surface area contributed by atoms with Gasteiger partial charge in [0.1, 0.15) is 5.60 Å². The van der Waals surface area contributed by atoms with Crippen LogP contribution in [0.5, 0.6) is 0 Å². The van der Waals surface area contributed by atoms with Crippen molar-refractivity contribution in [1.82, 2.24) is 9.88 Å². The largest absolute Gasteiger partial charge is 0.444 e. The molecule has 0 aliphatic carbocycles. The number of amides is 1. The van der Waals surface area contributed by atoms with E-state index < -0.39 is 5.60 Å². The molecular formula is C14H22N3O2+. The maximum atomic E-state index is 12.2. The summed E-state index contributed by atoms with van der Waals surface area (Å²) in [6, 6.07) is 0.113. The number of aryl methyl sites for hydroxylation is 1. The zero-order valence-corrected chi connectivity index (χ0v) is 12.3. The van der Waals surface area contributed by atoms with Crippen molar-refractivity contribution in [2.75, 3.05) is 0 Å². The first kappa shape index (κ1) is 13.8. The summed E-state index contributed by atoms with van der Waals surface area (Å²) in [6.07, 6.45) is 4.34. The second-order valence-electron chi connectivity index (χ2n) is 6.17. The van der Waals surface area contributed by atoms with Gasteiger partial charge in [0.05, 0.1) is 25.4 Å². The molecule has 1 aliphatic heterocycles. The first-order chi connectivity index (χ1) is 8.76. The molecule has 104 valence electrons. The van der Waals surface area contributed by atoms with Crippen molar-refractivity contribution in [3.05, 3.63) is 23.8 Å². The minimum absolute atomic E-state index is 0.113. The molecule has 0 N–H and O–H groups in total. The maximum Gasteiger partial charge on any atom is 0.410 e. The van der Waals surface area contributed by atoms with Gasteiger partial charge in [0.15, 0.2) is 5.69 Å². The summed E-state index contributed by atoms with van der Waals surface area (Å²) in [6.45, 7) is 8.24. The molecule has 1 amide bonds. The van der Waals surface area contributed by atoms with Gasteiger partial charge in [-0.05, 0) is 27.7 Å². The van der Waals surface area contributed by atoms with Crippen LogP contribution in [-0.2, 0) is 24.8 Å². The number of aromatic nitrogens is 2. The number of hydrogen-bond acceptors (Lipinski definition) is 3. The van der Waals surface area contributed by atoms with E-state index in [0.29, 0.717) is 6.54 Å². The Morgan fingerprint density at radius 3 is 2.84 bits per heavy atom. The second kappa shape index (κ2) is 4.79. The van der Waals surface area contributed by atoms with Crippen molar-refractivity contribution in [3.8, 4) is 0 Å². The Bertz CT molecular complexity index is 494. The number of rotatable bonds is 0. The molecule has 0 fully saturated rings. The average molecular weight is 264 g/mol. The van der Waals surface area contributed by atoms with Crippen LogP contribution in [0.4, 0.5) is 4.79 Å². The lowest BCUT2D eigenvalue weighted by molar-refractivity contribution is -0.675. The average Bonchev–Trinajstić information content (AvgIpc) is 2.26. The smallest absolute Gasteiger partial charge is 0.410 e. The third-order valence-corrected chi connectivity index (χ3v) is 3.12. The molecule has 2 rings (SSSR count). The van der Waals surface area contributed by atoms with E-state index >= 15 is 0 Å². The Morgan fingerprint density at radius 2 is 2.21 bits per heavy atom. The fraction of sp³-hybridized carbons (Fsp3) is 0.643. The van der Waals surface area contributed by atoms with Crippen LogP contribution < -0.4 is 4.57 Å². The molecule has 1 unspecified atom stereocenters. The van der Waals surface area contributed by atoms with Crippen LogP contribution in [0.2, 0.25) is 0 Å². The zero-order chi connectivity index (χ0) is 14.2. The summed E-state index contributed by atoms with van der Waals surface area (Å²) in [7, 11) is 1.93. The molecule has 2 heterocycles. The molecule has 19 heavy (non-hydrogen) atoms. The van der Waals surface area contributed by atoms with Crippen LogP contribution >= 0.6 is 0 Å². The van der Waals surface area contributed by atoms with Crippen LogP contribution in [0.3, 0.4) is 0 Å². The summed E-state index contributed by atoms with van der Waals surface area (Å²) in [5.41, 5.74) is 1.70. The van der Waals surface area contributed by atoms with Crippen molar-refractivity contribution < 1.29 is 14.1 Å². The molecule has 0 radical (unpaired) electrons. The number of carbonyl (C=O) groups excluding carboxylic acids is 1. The van der Waals surface area contributed by atoms with E-state index in [0.717, 1.165) is 17.7 Å². The highest BCUT2D eigenvalue weighted by molar-refractivity contribution is 5.69. The molecule has 0 saturated heterocycles. The number of fused-ring (bicyclic) bond motifs is 1. The minimum Gasteiger partial charge on any atom is -0.444 e. The standard InChI is InChI=1S/C14H22N3O2/c1-10-6-12-11(7-16(5)9-15-12)8-17(10)13(18)19-14(2,3)4/h7,9-10H,6,8H2,1-5H3/q+1. The summed E-state index contributed by atoms with van der Waals surface area (Å²) in [4.78, 5) is 18.4. The Labute approximate surface area is 114 Å². The highest BCUT2D eigenvalue weighted by Crippen LogP contribution is 2.22. The van der Waals surface area contributed by atoms with Crippen LogP contribution in [-0.4, -0.2) is 27.6 Å². The van der Waals surface area contributed by atoms with Gasteiger partial charge in [0, 0.05) is 12.5 Å². The molecule has 1 atom stereocenters. The van der Waals surface area contributed by atoms with Gasteiger partial charge in [0.25, 0.3) is 6.33 Å².